The van der Waals surface area contributed by atoms with Crippen molar-refractivity contribution in [2.24, 2.45) is 0 Å². The number of thioether (sulfide) groups is 1. The third-order valence-electron chi connectivity index (χ3n) is 4.19. The second-order valence-corrected chi connectivity index (χ2v) is 9.10. The molecule has 0 atom stereocenters. The van der Waals surface area contributed by atoms with Crippen LogP contribution >= 0.6 is 11.8 Å². The van der Waals surface area contributed by atoms with Crippen LogP contribution in [0.1, 0.15) is 31.2 Å². The first kappa shape index (κ1) is 22.4. The maximum atomic E-state index is 12.5. The lowest BCUT2D eigenvalue weighted by Gasteiger charge is -2.10. The van der Waals surface area contributed by atoms with Gasteiger partial charge >= 0.3 is 5.76 Å². The molecule has 1 aromatic heterocycles. The Labute approximate surface area is 167 Å². The number of aromatic nitrogens is 2. The molecule has 28 heavy (non-hydrogen) atoms. The fourth-order valence-corrected chi connectivity index (χ4v) is 4.11. The average Bonchev–Trinajstić information content (AvgIpc) is 2.92. The first-order valence-corrected chi connectivity index (χ1v) is 11.3. The molecule has 154 valence electrons. The van der Waals surface area contributed by atoms with Crippen LogP contribution in [0.25, 0.3) is 0 Å². The van der Waals surface area contributed by atoms with E-state index in [1.807, 2.05) is 13.8 Å². The van der Waals surface area contributed by atoms with Gasteiger partial charge in [-0.25, -0.2) is 13.4 Å². The SMILES string of the molecule is CCCCn1c(SCC(=O)Nc2ccc(S(=O)(=O)C(F)F)cc2)nc(C)c1C. The van der Waals surface area contributed by atoms with Crippen LogP contribution in [0.2, 0.25) is 0 Å². The third-order valence-corrected chi connectivity index (χ3v) is 6.57. The van der Waals surface area contributed by atoms with Crippen molar-refractivity contribution in [2.45, 2.75) is 56.0 Å². The third kappa shape index (κ3) is 5.32. The van der Waals surface area contributed by atoms with Crippen molar-refractivity contribution in [3.63, 3.8) is 0 Å². The van der Waals surface area contributed by atoms with E-state index >= 15 is 0 Å². The summed E-state index contributed by atoms with van der Waals surface area (Å²) < 4.78 is 50.0. The molecule has 0 aliphatic carbocycles. The van der Waals surface area contributed by atoms with Gasteiger partial charge in [0, 0.05) is 17.9 Å². The van der Waals surface area contributed by atoms with Crippen molar-refractivity contribution in [3.8, 4) is 0 Å². The molecule has 0 unspecified atom stereocenters. The summed E-state index contributed by atoms with van der Waals surface area (Å²) in [5.41, 5.74) is 2.34. The summed E-state index contributed by atoms with van der Waals surface area (Å²) in [5, 5.41) is 3.40. The summed E-state index contributed by atoms with van der Waals surface area (Å²) in [7, 11) is -4.64. The van der Waals surface area contributed by atoms with E-state index in [2.05, 4.69) is 21.8 Å². The van der Waals surface area contributed by atoms with Crippen LogP contribution in [0, 0.1) is 13.8 Å². The number of unbranched alkanes of at least 4 members (excludes halogenated alkanes) is 1. The summed E-state index contributed by atoms with van der Waals surface area (Å²) in [4.78, 5) is 16.2. The van der Waals surface area contributed by atoms with Crippen molar-refractivity contribution < 1.29 is 22.0 Å². The normalized spacial score (nSPS) is 11.8. The zero-order valence-corrected chi connectivity index (χ0v) is 17.5. The summed E-state index contributed by atoms with van der Waals surface area (Å²) in [6.45, 7) is 6.87. The average molecular weight is 432 g/mol. The summed E-state index contributed by atoms with van der Waals surface area (Å²) >= 11 is 1.32. The monoisotopic (exact) mass is 431 g/mol. The van der Waals surface area contributed by atoms with E-state index in [1.165, 1.54) is 23.9 Å². The Morgan fingerprint density at radius 1 is 1.25 bits per heavy atom. The molecule has 0 saturated carbocycles. The number of halogens is 2. The number of carbonyl (C=O) groups is 1. The maximum absolute atomic E-state index is 12.5. The number of hydrogen-bond donors (Lipinski definition) is 1. The van der Waals surface area contributed by atoms with Crippen LogP contribution in [0.3, 0.4) is 0 Å². The van der Waals surface area contributed by atoms with E-state index in [0.29, 0.717) is 5.69 Å². The topological polar surface area (TPSA) is 81.1 Å². The lowest BCUT2D eigenvalue weighted by atomic mass is 10.3. The zero-order valence-electron chi connectivity index (χ0n) is 15.9. The highest BCUT2D eigenvalue weighted by Crippen LogP contribution is 2.23. The van der Waals surface area contributed by atoms with Crippen LogP contribution < -0.4 is 5.32 Å². The lowest BCUT2D eigenvalue weighted by molar-refractivity contribution is -0.113. The van der Waals surface area contributed by atoms with E-state index in [4.69, 9.17) is 0 Å². The van der Waals surface area contributed by atoms with Crippen molar-refractivity contribution in [1.29, 1.82) is 0 Å². The number of hydrogen-bond acceptors (Lipinski definition) is 5. The van der Waals surface area contributed by atoms with E-state index in [9.17, 15) is 22.0 Å². The number of sulfone groups is 1. The molecule has 1 N–H and O–H groups in total. The molecule has 0 aliphatic rings. The highest BCUT2D eigenvalue weighted by molar-refractivity contribution is 7.99. The number of anilines is 1. The Bertz CT molecular complexity index is 926. The minimum Gasteiger partial charge on any atom is -0.325 e. The van der Waals surface area contributed by atoms with E-state index in [0.717, 1.165) is 48.1 Å². The molecule has 1 amide bonds. The van der Waals surface area contributed by atoms with Crippen LogP contribution in [0.15, 0.2) is 34.3 Å². The molecule has 0 fully saturated rings. The largest absolute Gasteiger partial charge is 0.341 e. The Hall–Kier alpha value is -1.94. The molecule has 0 bridgehead atoms. The Morgan fingerprint density at radius 3 is 2.46 bits per heavy atom. The van der Waals surface area contributed by atoms with Crippen molar-refractivity contribution in [1.82, 2.24) is 9.55 Å². The molecular formula is C18H23F2N3O3S2. The second-order valence-electron chi connectivity index (χ2n) is 6.24. The summed E-state index contributed by atoms with van der Waals surface area (Å²) in [5.74, 6) is -3.65. The van der Waals surface area contributed by atoms with Gasteiger partial charge in [0.25, 0.3) is 0 Å². The number of imidazole rings is 1. The lowest BCUT2D eigenvalue weighted by Crippen LogP contribution is -2.15. The van der Waals surface area contributed by atoms with Gasteiger partial charge in [0.1, 0.15) is 0 Å². The molecule has 0 aliphatic heterocycles. The first-order valence-electron chi connectivity index (χ1n) is 8.75. The quantitative estimate of drug-likeness (QED) is 0.607. The van der Waals surface area contributed by atoms with E-state index < -0.39 is 20.5 Å². The van der Waals surface area contributed by atoms with Gasteiger partial charge in [-0.2, -0.15) is 8.78 Å². The molecule has 0 saturated heterocycles. The molecule has 10 heteroatoms. The standard InChI is InChI=1S/C18H23F2N3O3S2/c1-4-5-10-23-13(3)12(2)21-18(23)27-11-16(24)22-14-6-8-15(9-7-14)28(25,26)17(19)20/h6-9,17H,4-5,10-11H2,1-3H3,(H,22,24). The van der Waals surface area contributed by atoms with Crippen molar-refractivity contribution >= 4 is 33.2 Å². The number of carbonyl (C=O) groups excluding carboxylic acids is 1. The van der Waals surface area contributed by atoms with Crippen molar-refractivity contribution in [3.05, 3.63) is 35.7 Å². The number of rotatable bonds is 9. The maximum Gasteiger partial charge on any atom is 0.341 e. The molecule has 1 heterocycles. The number of nitrogens with zero attached hydrogens (tertiary/aromatic N) is 2. The molecule has 0 radical (unpaired) electrons. The predicted molar refractivity (Wildman–Crippen MR) is 106 cm³/mol. The number of aryl methyl sites for hydroxylation is 1. The molecule has 6 nitrogen and oxygen atoms in total. The highest BCUT2D eigenvalue weighted by Gasteiger charge is 2.26. The van der Waals surface area contributed by atoms with Crippen LogP contribution in [0.5, 0.6) is 0 Å². The molecular weight excluding hydrogens is 408 g/mol. The van der Waals surface area contributed by atoms with Crippen molar-refractivity contribution in [2.75, 3.05) is 11.1 Å². The fourth-order valence-electron chi connectivity index (χ4n) is 2.47. The van der Waals surface area contributed by atoms with Gasteiger partial charge in [-0.15, -0.1) is 0 Å². The van der Waals surface area contributed by atoms with Gasteiger partial charge in [-0.05, 0) is 44.5 Å². The van der Waals surface area contributed by atoms with Crippen LogP contribution in [0.4, 0.5) is 14.5 Å². The Kier molecular flexibility index (Phi) is 7.59. The highest BCUT2D eigenvalue weighted by atomic mass is 32.2. The number of benzene rings is 1. The van der Waals surface area contributed by atoms with E-state index in [1.54, 1.807) is 0 Å². The predicted octanol–water partition coefficient (Wildman–Crippen LogP) is 4.03. The smallest absolute Gasteiger partial charge is 0.325 e. The van der Waals surface area contributed by atoms with Crippen LogP contribution in [-0.4, -0.2) is 35.4 Å². The van der Waals surface area contributed by atoms with Gasteiger partial charge in [0.15, 0.2) is 5.16 Å². The zero-order chi connectivity index (χ0) is 20.9. The second kappa shape index (κ2) is 9.51. The first-order chi connectivity index (χ1) is 13.2. The Morgan fingerprint density at radius 2 is 1.89 bits per heavy atom. The van der Waals surface area contributed by atoms with E-state index in [-0.39, 0.29) is 11.7 Å². The number of nitrogens with one attached hydrogen (secondary N) is 1. The molecule has 2 rings (SSSR count). The van der Waals surface area contributed by atoms with Gasteiger partial charge in [-0.1, -0.05) is 25.1 Å². The van der Waals surface area contributed by atoms with Gasteiger partial charge in [-0.3, -0.25) is 4.79 Å². The van der Waals surface area contributed by atoms with Crippen LogP contribution in [-0.2, 0) is 21.2 Å². The minimum absolute atomic E-state index is 0.124. The Balaban J connectivity index is 1.99. The molecule has 1 aromatic carbocycles. The van der Waals surface area contributed by atoms with Gasteiger partial charge in [0.2, 0.25) is 15.7 Å². The fraction of sp³-hybridized carbons (Fsp3) is 0.444. The van der Waals surface area contributed by atoms with Gasteiger partial charge in [0.05, 0.1) is 16.3 Å². The number of amides is 1. The van der Waals surface area contributed by atoms with Gasteiger partial charge < -0.3 is 9.88 Å². The molecule has 2 aromatic rings. The number of alkyl halides is 2. The minimum atomic E-state index is -4.64. The molecule has 0 spiro atoms. The summed E-state index contributed by atoms with van der Waals surface area (Å²) in [6.07, 6.45) is 2.07. The summed E-state index contributed by atoms with van der Waals surface area (Å²) in [6, 6.07) is 4.67.